The molecule has 1 N–H and O–H groups in total. The smallest absolute Gasteiger partial charge is 0.302 e. The van der Waals surface area contributed by atoms with Crippen LogP contribution in [0.15, 0.2) is 28.4 Å². The van der Waals surface area contributed by atoms with Gasteiger partial charge in [0, 0.05) is 13.3 Å². The molecule has 1 aliphatic rings. The topological polar surface area (TPSA) is 98.6 Å². The predicted molar refractivity (Wildman–Crippen MR) is 95.3 cm³/mol. The van der Waals surface area contributed by atoms with E-state index in [9.17, 15) is 9.59 Å². The molecular weight excluding hydrogens is 346 g/mol. The lowest BCUT2D eigenvalue weighted by Gasteiger charge is -2.07. The lowest BCUT2D eigenvalue weighted by molar-refractivity contribution is -0.141. The number of nitrogens with zero attached hydrogens (tertiary/aromatic N) is 2. The van der Waals surface area contributed by atoms with E-state index in [1.54, 1.807) is 32.6 Å². The molecule has 0 bridgehead atoms. The molecule has 2 rings (SSSR count). The normalized spacial score (nSPS) is 18.4. The molecule has 1 saturated heterocycles. The molecule has 9 heteroatoms. The number of nitrogens with one attached hydrogen (secondary N) is 1. The van der Waals surface area contributed by atoms with Crippen LogP contribution in [0.2, 0.25) is 0 Å². The summed E-state index contributed by atoms with van der Waals surface area (Å²) in [6, 6.07) is 5.35. The van der Waals surface area contributed by atoms with Crippen molar-refractivity contribution in [2.75, 3.05) is 20.8 Å². The van der Waals surface area contributed by atoms with Crippen LogP contribution in [0.1, 0.15) is 18.9 Å². The van der Waals surface area contributed by atoms with Crippen molar-refractivity contribution in [3.63, 3.8) is 0 Å². The lowest BCUT2D eigenvalue weighted by atomic mass is 10.2. The number of hydrogen-bond acceptors (Lipinski definition) is 8. The molecule has 1 heterocycles. The zero-order valence-electron chi connectivity index (χ0n) is 14.1. The molecule has 1 fully saturated rings. The second kappa shape index (κ2) is 9.07. The summed E-state index contributed by atoms with van der Waals surface area (Å²) in [4.78, 5) is 22.5. The molecule has 0 radical (unpaired) electrons. The Kier molecular flexibility index (Phi) is 6.81. The summed E-state index contributed by atoms with van der Waals surface area (Å²) in [5.74, 6) is 0.683. The van der Waals surface area contributed by atoms with Gasteiger partial charge in [-0.1, -0.05) is 11.8 Å². The highest BCUT2D eigenvalue weighted by Crippen LogP contribution is 2.27. The van der Waals surface area contributed by atoms with Crippen LogP contribution in [-0.4, -0.2) is 49.3 Å². The first-order valence-electron chi connectivity index (χ1n) is 7.47. The number of methoxy groups -OCH3 is 2. The van der Waals surface area contributed by atoms with Gasteiger partial charge >= 0.3 is 5.97 Å². The van der Waals surface area contributed by atoms with Crippen molar-refractivity contribution in [1.82, 2.24) is 5.32 Å². The number of esters is 1. The number of ether oxygens (including phenoxy) is 3. The van der Waals surface area contributed by atoms with E-state index < -0.39 is 0 Å². The van der Waals surface area contributed by atoms with Crippen LogP contribution in [0.3, 0.4) is 0 Å². The van der Waals surface area contributed by atoms with E-state index in [2.05, 4.69) is 15.5 Å². The molecule has 0 spiro atoms. The van der Waals surface area contributed by atoms with Crippen LogP contribution >= 0.6 is 11.8 Å². The highest BCUT2D eigenvalue weighted by molar-refractivity contribution is 8.15. The molecule has 1 aromatic carbocycles. The minimum Gasteiger partial charge on any atom is -0.493 e. The average molecular weight is 365 g/mol. The van der Waals surface area contributed by atoms with Crippen LogP contribution in [0, 0.1) is 0 Å². The number of carbonyl (C=O) groups excluding carboxylic acids is 2. The van der Waals surface area contributed by atoms with Crippen molar-refractivity contribution < 1.29 is 23.8 Å². The Labute approximate surface area is 149 Å². The molecule has 8 nitrogen and oxygen atoms in total. The van der Waals surface area contributed by atoms with Crippen molar-refractivity contribution in [2.24, 2.45) is 10.2 Å². The van der Waals surface area contributed by atoms with Crippen molar-refractivity contribution in [3.8, 4) is 11.5 Å². The van der Waals surface area contributed by atoms with E-state index in [1.165, 1.54) is 18.7 Å². The third-order valence-corrected chi connectivity index (χ3v) is 4.37. The Bertz CT molecular complexity index is 705. The molecule has 134 valence electrons. The third kappa shape index (κ3) is 5.49. The average Bonchev–Trinajstić information content (AvgIpc) is 2.94. The second-order valence-electron chi connectivity index (χ2n) is 4.99. The number of thioether (sulfide) groups is 1. The highest BCUT2D eigenvalue weighted by Gasteiger charge is 2.30. The van der Waals surface area contributed by atoms with E-state index in [0.717, 1.165) is 5.56 Å². The molecule has 0 saturated carbocycles. The van der Waals surface area contributed by atoms with Gasteiger partial charge in [0.1, 0.15) is 0 Å². The van der Waals surface area contributed by atoms with Gasteiger partial charge in [0.05, 0.1) is 32.3 Å². The first kappa shape index (κ1) is 18.8. The first-order chi connectivity index (χ1) is 12.0. The highest BCUT2D eigenvalue weighted by atomic mass is 32.2. The fourth-order valence-corrected chi connectivity index (χ4v) is 2.94. The Morgan fingerprint density at radius 1 is 1.32 bits per heavy atom. The lowest BCUT2D eigenvalue weighted by Crippen LogP contribution is -2.25. The fraction of sp³-hybridized carbons (Fsp3) is 0.375. The summed E-state index contributed by atoms with van der Waals surface area (Å²) in [7, 11) is 3.12. The minimum atomic E-state index is -0.364. The van der Waals surface area contributed by atoms with Crippen molar-refractivity contribution >= 4 is 35.0 Å². The zero-order chi connectivity index (χ0) is 18.2. The van der Waals surface area contributed by atoms with Gasteiger partial charge in [0.15, 0.2) is 16.7 Å². The zero-order valence-corrected chi connectivity index (χ0v) is 15.0. The fourth-order valence-electron chi connectivity index (χ4n) is 2.03. The third-order valence-electron chi connectivity index (χ3n) is 3.22. The first-order valence-corrected chi connectivity index (χ1v) is 8.35. The number of benzene rings is 1. The molecule has 1 amide bonds. The summed E-state index contributed by atoms with van der Waals surface area (Å²) in [6.07, 6.45) is 1.97. The number of hydrogen-bond donors (Lipinski definition) is 1. The molecule has 1 unspecified atom stereocenters. The van der Waals surface area contributed by atoms with Gasteiger partial charge in [0.25, 0.3) is 0 Å². The van der Waals surface area contributed by atoms with Gasteiger partial charge in [-0.15, -0.1) is 5.10 Å². The molecular formula is C16H19N3O5S. The molecule has 0 aliphatic carbocycles. The van der Waals surface area contributed by atoms with Gasteiger partial charge in [0.2, 0.25) is 5.91 Å². The van der Waals surface area contributed by atoms with Gasteiger partial charge in [-0.25, -0.2) is 0 Å². The standard InChI is InChI=1S/C16H19N3O5S/c1-10(20)24-7-6-14-15(21)18-16(25-14)19-17-9-11-4-5-12(22-2)13(8-11)23-3/h4-5,8-9,14H,6-7H2,1-3H3,(H,18,19,21)/b17-9+. The van der Waals surface area contributed by atoms with Crippen LogP contribution in [0.4, 0.5) is 0 Å². The molecule has 0 aromatic heterocycles. The van der Waals surface area contributed by atoms with Crippen molar-refractivity contribution in [3.05, 3.63) is 23.8 Å². The van der Waals surface area contributed by atoms with Crippen molar-refractivity contribution in [2.45, 2.75) is 18.6 Å². The van der Waals surface area contributed by atoms with E-state index in [-0.39, 0.29) is 23.7 Å². The Morgan fingerprint density at radius 3 is 2.76 bits per heavy atom. The molecule has 25 heavy (non-hydrogen) atoms. The van der Waals surface area contributed by atoms with Crippen molar-refractivity contribution in [1.29, 1.82) is 0 Å². The Balaban J connectivity index is 1.94. The predicted octanol–water partition coefficient (Wildman–Crippen LogP) is 1.58. The monoisotopic (exact) mass is 365 g/mol. The number of amides is 1. The van der Waals surface area contributed by atoms with E-state index in [1.807, 2.05) is 6.07 Å². The SMILES string of the molecule is COc1ccc(/C=N/N=C2\NC(=O)C(CCOC(C)=O)S2)cc1OC. The summed E-state index contributed by atoms with van der Waals surface area (Å²) in [5, 5.41) is 10.7. The van der Waals surface area contributed by atoms with Gasteiger partial charge in [-0.05, 0) is 23.8 Å². The van der Waals surface area contributed by atoms with E-state index in [4.69, 9.17) is 14.2 Å². The maximum Gasteiger partial charge on any atom is 0.302 e. The maximum atomic E-state index is 11.8. The number of carbonyl (C=O) groups is 2. The summed E-state index contributed by atoms with van der Waals surface area (Å²) < 4.78 is 15.2. The van der Waals surface area contributed by atoms with Crippen LogP contribution in [0.25, 0.3) is 0 Å². The Morgan fingerprint density at radius 2 is 2.08 bits per heavy atom. The van der Waals surface area contributed by atoms with Gasteiger partial charge in [-0.3, -0.25) is 9.59 Å². The largest absolute Gasteiger partial charge is 0.493 e. The van der Waals surface area contributed by atoms with Gasteiger partial charge in [-0.2, -0.15) is 5.10 Å². The minimum absolute atomic E-state index is 0.169. The van der Waals surface area contributed by atoms with E-state index in [0.29, 0.717) is 23.1 Å². The van der Waals surface area contributed by atoms with Gasteiger partial charge < -0.3 is 19.5 Å². The molecule has 1 atom stereocenters. The maximum absolute atomic E-state index is 11.8. The quantitative estimate of drug-likeness (QED) is 0.447. The Hall–Kier alpha value is -2.55. The summed E-state index contributed by atoms with van der Waals surface area (Å²) >= 11 is 1.26. The second-order valence-corrected chi connectivity index (χ2v) is 6.18. The number of rotatable bonds is 7. The summed E-state index contributed by atoms with van der Waals surface area (Å²) in [5.41, 5.74) is 0.780. The number of amidine groups is 1. The molecule has 1 aromatic rings. The van der Waals surface area contributed by atoms with Crippen LogP contribution in [0.5, 0.6) is 11.5 Å². The van der Waals surface area contributed by atoms with Crippen LogP contribution in [-0.2, 0) is 14.3 Å². The summed E-state index contributed by atoms with van der Waals surface area (Å²) in [6.45, 7) is 1.53. The van der Waals surface area contributed by atoms with Crippen LogP contribution < -0.4 is 14.8 Å². The van der Waals surface area contributed by atoms with E-state index >= 15 is 0 Å². The molecule has 1 aliphatic heterocycles.